The van der Waals surface area contributed by atoms with E-state index in [0.29, 0.717) is 10.9 Å². The maximum Gasteiger partial charge on any atom is 0.408 e. The maximum atomic E-state index is 12.2. The number of carboxylic acids is 1. The number of halogens is 3. The van der Waals surface area contributed by atoms with Gasteiger partial charge in [-0.2, -0.15) is 23.0 Å². The van der Waals surface area contributed by atoms with Crippen LogP contribution in [0.5, 0.6) is 0 Å². The number of hydrogen-bond donors (Lipinski definition) is 2. The molecule has 11 heteroatoms. The molecule has 0 aliphatic carbocycles. The molecule has 1 aromatic heterocycles. The van der Waals surface area contributed by atoms with Crippen molar-refractivity contribution >= 4 is 16.0 Å². The molecule has 0 radical (unpaired) electrons. The number of aliphatic carboxylic acids is 1. The first-order valence-electron chi connectivity index (χ1n) is 6.25. The van der Waals surface area contributed by atoms with Crippen LogP contribution in [0.25, 0.3) is 0 Å². The van der Waals surface area contributed by atoms with E-state index in [1.54, 1.807) is 13.8 Å². The number of nitrogens with zero attached hydrogens (tertiary/aromatic N) is 2. The van der Waals surface area contributed by atoms with E-state index < -0.39 is 39.7 Å². The number of alkyl halides is 3. The highest BCUT2D eigenvalue weighted by molar-refractivity contribution is 7.89. The highest BCUT2D eigenvalue weighted by atomic mass is 32.2. The Balaban J connectivity index is 2.92. The fourth-order valence-electron chi connectivity index (χ4n) is 1.68. The van der Waals surface area contributed by atoms with E-state index in [1.807, 2.05) is 4.72 Å². The second kappa shape index (κ2) is 6.65. The maximum absolute atomic E-state index is 12.2. The normalized spacial score (nSPS) is 14.3. The largest absolute Gasteiger partial charge is 0.480 e. The summed E-state index contributed by atoms with van der Waals surface area (Å²) in [5, 5.41) is 12.3. The van der Waals surface area contributed by atoms with Crippen molar-refractivity contribution in [2.45, 2.75) is 43.9 Å². The van der Waals surface area contributed by atoms with Crippen LogP contribution in [0.1, 0.15) is 20.3 Å². The monoisotopic (exact) mass is 343 g/mol. The number of nitrogens with one attached hydrogen (secondary N) is 1. The molecule has 0 spiro atoms. The molecule has 7 nitrogen and oxygen atoms in total. The van der Waals surface area contributed by atoms with Crippen molar-refractivity contribution in [3.63, 3.8) is 0 Å². The van der Waals surface area contributed by atoms with Crippen LogP contribution in [0, 0.1) is 5.92 Å². The van der Waals surface area contributed by atoms with Gasteiger partial charge in [-0.25, -0.2) is 8.42 Å². The van der Waals surface area contributed by atoms with Crippen LogP contribution in [0.15, 0.2) is 17.3 Å². The van der Waals surface area contributed by atoms with E-state index in [4.69, 9.17) is 5.11 Å². The van der Waals surface area contributed by atoms with Crippen molar-refractivity contribution in [3.8, 4) is 0 Å². The van der Waals surface area contributed by atoms with Crippen molar-refractivity contribution < 1.29 is 31.5 Å². The molecule has 1 heterocycles. The van der Waals surface area contributed by atoms with Crippen LogP contribution in [-0.4, -0.2) is 41.5 Å². The van der Waals surface area contributed by atoms with Gasteiger partial charge in [0, 0.05) is 6.20 Å². The molecular formula is C11H16F3N3O4S. The number of carboxylic acid groups (broad SMARTS) is 1. The smallest absolute Gasteiger partial charge is 0.408 e. The summed E-state index contributed by atoms with van der Waals surface area (Å²) < 4.78 is 63.0. The molecule has 0 unspecified atom stereocenters. The predicted octanol–water partition coefficient (Wildman–Crippen LogP) is 1.22. The Morgan fingerprint density at radius 3 is 2.50 bits per heavy atom. The standard InChI is InChI=1S/C11H16F3N3O4S/c1-7(2)3-9(10(18)19)16-22(20,21)8-4-15-17(5-8)6-11(12,13)14/h4-5,7,9,16H,3,6H2,1-2H3,(H,18,19)/t9-/m0/s1. The Morgan fingerprint density at radius 1 is 1.45 bits per heavy atom. The molecule has 0 amide bonds. The summed E-state index contributed by atoms with van der Waals surface area (Å²) in [4.78, 5) is 10.5. The summed E-state index contributed by atoms with van der Waals surface area (Å²) in [5.74, 6) is -1.45. The molecule has 2 N–H and O–H groups in total. The van der Waals surface area contributed by atoms with Gasteiger partial charge in [-0.1, -0.05) is 13.8 Å². The Bertz CT molecular complexity index is 625. The van der Waals surface area contributed by atoms with Crippen molar-refractivity contribution in [1.82, 2.24) is 14.5 Å². The minimum absolute atomic E-state index is 0.0469. The van der Waals surface area contributed by atoms with Gasteiger partial charge in [0.15, 0.2) is 0 Å². The van der Waals surface area contributed by atoms with Crippen LogP contribution < -0.4 is 4.72 Å². The quantitative estimate of drug-likeness (QED) is 0.775. The lowest BCUT2D eigenvalue weighted by molar-refractivity contribution is -0.142. The third-order valence-corrected chi connectivity index (χ3v) is 3.99. The topological polar surface area (TPSA) is 101 Å². The minimum atomic E-state index is -4.54. The molecule has 1 aromatic rings. The number of carbonyl (C=O) groups is 1. The fraction of sp³-hybridized carbons (Fsp3) is 0.636. The first-order valence-corrected chi connectivity index (χ1v) is 7.73. The zero-order valence-electron chi connectivity index (χ0n) is 11.8. The lowest BCUT2D eigenvalue weighted by atomic mass is 10.1. The van der Waals surface area contributed by atoms with E-state index >= 15 is 0 Å². The summed E-state index contributed by atoms with van der Waals surface area (Å²) in [6.45, 7) is 1.99. The second-order valence-corrected chi connectivity index (χ2v) is 6.84. The molecule has 0 bridgehead atoms. The molecule has 0 saturated carbocycles. The molecule has 0 saturated heterocycles. The van der Waals surface area contributed by atoms with E-state index in [1.165, 1.54) is 0 Å². The van der Waals surface area contributed by atoms with E-state index in [-0.39, 0.29) is 12.3 Å². The molecule has 0 aliphatic heterocycles. The first kappa shape index (κ1) is 18.4. The highest BCUT2D eigenvalue weighted by Gasteiger charge is 2.30. The third-order valence-electron chi connectivity index (χ3n) is 2.56. The number of sulfonamides is 1. The lowest BCUT2D eigenvalue weighted by Gasteiger charge is -2.15. The molecule has 0 fully saturated rings. The molecule has 1 rings (SSSR count). The lowest BCUT2D eigenvalue weighted by Crippen LogP contribution is -2.41. The van der Waals surface area contributed by atoms with Crippen LogP contribution in [-0.2, 0) is 21.4 Å². The Labute approximate surface area is 125 Å². The number of rotatable bonds is 7. The van der Waals surface area contributed by atoms with Crippen molar-refractivity contribution in [2.75, 3.05) is 0 Å². The van der Waals surface area contributed by atoms with Gasteiger partial charge in [-0.3, -0.25) is 9.48 Å². The van der Waals surface area contributed by atoms with E-state index in [0.717, 1.165) is 6.20 Å². The molecule has 22 heavy (non-hydrogen) atoms. The summed E-state index contributed by atoms with van der Waals surface area (Å²) >= 11 is 0. The highest BCUT2D eigenvalue weighted by Crippen LogP contribution is 2.18. The van der Waals surface area contributed by atoms with Crippen LogP contribution in [0.3, 0.4) is 0 Å². The number of hydrogen-bond acceptors (Lipinski definition) is 4. The second-order valence-electron chi connectivity index (χ2n) is 5.13. The van der Waals surface area contributed by atoms with Gasteiger partial charge < -0.3 is 5.11 Å². The van der Waals surface area contributed by atoms with E-state index in [2.05, 4.69) is 5.10 Å². The van der Waals surface area contributed by atoms with Gasteiger partial charge in [-0.15, -0.1) is 0 Å². The van der Waals surface area contributed by atoms with Gasteiger partial charge in [0.05, 0.1) is 6.20 Å². The summed E-state index contributed by atoms with van der Waals surface area (Å²) in [5.41, 5.74) is 0. The molecule has 1 atom stereocenters. The SMILES string of the molecule is CC(C)C[C@H](NS(=O)(=O)c1cnn(CC(F)(F)F)c1)C(=O)O. The summed E-state index contributed by atoms with van der Waals surface area (Å²) in [6.07, 6.45) is -3.06. The molecule has 0 aliphatic rings. The van der Waals surface area contributed by atoms with Gasteiger partial charge >= 0.3 is 12.1 Å². The first-order chi connectivity index (χ1) is 9.90. The van der Waals surface area contributed by atoms with Gasteiger partial charge in [0.1, 0.15) is 17.5 Å². The number of aromatic nitrogens is 2. The summed E-state index contributed by atoms with van der Waals surface area (Å²) in [7, 11) is -4.27. The van der Waals surface area contributed by atoms with E-state index in [9.17, 15) is 26.4 Å². The fourth-order valence-corrected chi connectivity index (χ4v) is 2.83. The van der Waals surface area contributed by atoms with Crippen molar-refractivity contribution in [3.05, 3.63) is 12.4 Å². The van der Waals surface area contributed by atoms with Gasteiger partial charge in [0.25, 0.3) is 0 Å². The zero-order valence-corrected chi connectivity index (χ0v) is 12.6. The molecule has 0 aromatic carbocycles. The average Bonchev–Trinajstić information content (AvgIpc) is 2.73. The van der Waals surface area contributed by atoms with Crippen LogP contribution in [0.4, 0.5) is 13.2 Å². The Hall–Kier alpha value is -1.62. The van der Waals surface area contributed by atoms with Gasteiger partial charge in [-0.05, 0) is 12.3 Å². The minimum Gasteiger partial charge on any atom is -0.480 e. The zero-order chi connectivity index (χ0) is 17.1. The van der Waals surface area contributed by atoms with Gasteiger partial charge in [0.2, 0.25) is 10.0 Å². The molecule has 126 valence electrons. The Kier molecular flexibility index (Phi) is 5.57. The third kappa shape index (κ3) is 5.64. The summed E-state index contributed by atoms with van der Waals surface area (Å²) in [6, 6.07) is -1.36. The predicted molar refractivity (Wildman–Crippen MR) is 69.5 cm³/mol. The Morgan fingerprint density at radius 2 is 2.05 bits per heavy atom. The van der Waals surface area contributed by atoms with Crippen LogP contribution in [0.2, 0.25) is 0 Å². The average molecular weight is 343 g/mol. The van der Waals surface area contributed by atoms with Crippen molar-refractivity contribution in [2.24, 2.45) is 5.92 Å². The van der Waals surface area contributed by atoms with Crippen molar-refractivity contribution in [1.29, 1.82) is 0 Å². The molecular weight excluding hydrogens is 327 g/mol. The van der Waals surface area contributed by atoms with Crippen LogP contribution >= 0.6 is 0 Å².